The lowest BCUT2D eigenvalue weighted by atomic mass is 9.94. The van der Waals surface area contributed by atoms with Crippen LogP contribution < -0.4 is 5.32 Å². The molecule has 0 unspecified atom stereocenters. The van der Waals surface area contributed by atoms with Crippen molar-refractivity contribution in [3.05, 3.63) is 68.8 Å². The summed E-state index contributed by atoms with van der Waals surface area (Å²) in [4.78, 5) is 17.1. The standard InChI is InChI=1S/C24H26BrN3OS/c1-15(2)22-20-10-6-12-27(20)23-19(18-9-3-4-11-21(18)30-23)14-28(22)24(29)26-17-8-5-7-16(25)13-17/h5-8,10,12-13,15,22H,3-4,9,11,14H2,1-2H3,(H,26,29)/t22-/m0/s1. The Morgan fingerprint density at radius 1 is 1.17 bits per heavy atom. The molecule has 0 radical (unpaired) electrons. The summed E-state index contributed by atoms with van der Waals surface area (Å²) in [5.41, 5.74) is 4.85. The Hall–Kier alpha value is -2.05. The van der Waals surface area contributed by atoms with Gasteiger partial charge in [0.1, 0.15) is 5.00 Å². The lowest BCUT2D eigenvalue weighted by Crippen LogP contribution is -2.39. The molecule has 0 bridgehead atoms. The lowest BCUT2D eigenvalue weighted by Gasteiger charge is -2.33. The summed E-state index contributed by atoms with van der Waals surface area (Å²) >= 11 is 5.43. The summed E-state index contributed by atoms with van der Waals surface area (Å²) in [6.07, 6.45) is 6.98. The molecule has 1 N–H and O–H groups in total. The fourth-order valence-electron chi connectivity index (χ4n) is 4.88. The van der Waals surface area contributed by atoms with Gasteiger partial charge in [-0.3, -0.25) is 0 Å². The molecule has 0 saturated carbocycles. The van der Waals surface area contributed by atoms with Crippen LogP contribution in [-0.4, -0.2) is 15.5 Å². The fourth-order valence-corrected chi connectivity index (χ4v) is 6.69. The van der Waals surface area contributed by atoms with Crippen LogP contribution in [0.25, 0.3) is 5.00 Å². The zero-order chi connectivity index (χ0) is 20.8. The second-order valence-electron chi connectivity index (χ2n) is 8.55. The molecule has 6 heteroatoms. The highest BCUT2D eigenvalue weighted by atomic mass is 79.9. The quantitative estimate of drug-likeness (QED) is 0.421. The predicted molar refractivity (Wildman–Crippen MR) is 127 cm³/mol. The molecule has 5 rings (SSSR count). The smallest absolute Gasteiger partial charge is 0.311 e. The van der Waals surface area contributed by atoms with Crippen molar-refractivity contribution in [3.63, 3.8) is 0 Å². The lowest BCUT2D eigenvalue weighted by molar-refractivity contribution is 0.161. The van der Waals surface area contributed by atoms with Crippen LogP contribution >= 0.6 is 27.3 Å². The van der Waals surface area contributed by atoms with E-state index in [4.69, 9.17) is 0 Å². The molecule has 0 saturated heterocycles. The number of benzene rings is 1. The summed E-state index contributed by atoms with van der Waals surface area (Å²) in [5.74, 6) is 0.303. The van der Waals surface area contributed by atoms with Gasteiger partial charge in [-0.25, -0.2) is 4.79 Å². The molecule has 3 heterocycles. The van der Waals surface area contributed by atoms with Gasteiger partial charge < -0.3 is 14.8 Å². The number of nitrogens with one attached hydrogen (secondary N) is 1. The van der Waals surface area contributed by atoms with Gasteiger partial charge in [-0.05, 0) is 67.5 Å². The van der Waals surface area contributed by atoms with E-state index in [0.717, 1.165) is 16.6 Å². The van der Waals surface area contributed by atoms with Gasteiger partial charge in [0, 0.05) is 32.5 Å². The highest BCUT2D eigenvalue weighted by molar-refractivity contribution is 9.10. The number of anilines is 1. The van der Waals surface area contributed by atoms with Crippen molar-refractivity contribution in [2.75, 3.05) is 5.32 Å². The van der Waals surface area contributed by atoms with Gasteiger partial charge in [-0.2, -0.15) is 0 Å². The molecule has 0 fully saturated rings. The van der Waals surface area contributed by atoms with E-state index in [1.54, 1.807) is 0 Å². The Balaban J connectivity index is 1.59. The van der Waals surface area contributed by atoms with Crippen molar-refractivity contribution in [2.45, 2.75) is 52.1 Å². The van der Waals surface area contributed by atoms with Gasteiger partial charge in [-0.1, -0.05) is 35.8 Å². The summed E-state index contributed by atoms with van der Waals surface area (Å²) in [7, 11) is 0. The van der Waals surface area contributed by atoms with Crippen LogP contribution in [0.5, 0.6) is 0 Å². The third kappa shape index (κ3) is 3.40. The normalized spacial score (nSPS) is 17.9. The van der Waals surface area contributed by atoms with E-state index in [2.05, 4.69) is 58.0 Å². The number of urea groups is 1. The SMILES string of the molecule is CC(C)[C@H]1c2cccn2-c2sc3c(c2CN1C(=O)Nc1cccc(Br)c1)CCCC3. The van der Waals surface area contributed by atoms with Crippen LogP contribution in [0.15, 0.2) is 47.1 Å². The number of carbonyl (C=O) groups excluding carboxylic acids is 1. The fraction of sp³-hybridized carbons (Fsp3) is 0.375. The van der Waals surface area contributed by atoms with Crippen LogP contribution in [-0.2, 0) is 19.4 Å². The molecule has 2 amide bonds. The zero-order valence-electron chi connectivity index (χ0n) is 17.3. The monoisotopic (exact) mass is 483 g/mol. The Bertz CT molecular complexity index is 1100. The zero-order valence-corrected chi connectivity index (χ0v) is 19.7. The molecule has 1 aromatic carbocycles. The Morgan fingerprint density at radius 2 is 2.00 bits per heavy atom. The Morgan fingerprint density at radius 3 is 2.80 bits per heavy atom. The van der Waals surface area contributed by atoms with Crippen molar-refractivity contribution >= 4 is 39.0 Å². The van der Waals surface area contributed by atoms with E-state index in [9.17, 15) is 4.79 Å². The largest absolute Gasteiger partial charge is 0.322 e. The molecule has 156 valence electrons. The van der Waals surface area contributed by atoms with Gasteiger partial charge in [0.25, 0.3) is 0 Å². The van der Waals surface area contributed by atoms with Crippen molar-refractivity contribution < 1.29 is 4.79 Å². The van der Waals surface area contributed by atoms with E-state index in [-0.39, 0.29) is 12.1 Å². The van der Waals surface area contributed by atoms with Gasteiger partial charge in [0.2, 0.25) is 0 Å². The van der Waals surface area contributed by atoms with Crippen molar-refractivity contribution in [2.24, 2.45) is 5.92 Å². The number of nitrogens with zero attached hydrogens (tertiary/aromatic N) is 2. The average Bonchev–Trinajstić information content (AvgIpc) is 3.29. The minimum absolute atomic E-state index is 0.0194. The third-order valence-corrected chi connectivity index (χ3v) is 8.02. The van der Waals surface area contributed by atoms with Crippen LogP contribution in [0.1, 0.15) is 54.4 Å². The molecule has 2 aromatic heterocycles. The molecule has 1 aliphatic carbocycles. The van der Waals surface area contributed by atoms with Gasteiger partial charge in [0.15, 0.2) is 0 Å². The van der Waals surface area contributed by atoms with Crippen LogP contribution in [0.3, 0.4) is 0 Å². The van der Waals surface area contributed by atoms with E-state index in [0.29, 0.717) is 12.5 Å². The molecule has 1 aliphatic heterocycles. The molecule has 30 heavy (non-hydrogen) atoms. The summed E-state index contributed by atoms with van der Waals surface area (Å²) in [6.45, 7) is 5.07. The van der Waals surface area contributed by atoms with Crippen LogP contribution in [0.2, 0.25) is 0 Å². The maximum Gasteiger partial charge on any atom is 0.322 e. The Kier molecular flexibility index (Phi) is 5.23. The van der Waals surface area contributed by atoms with Gasteiger partial charge in [-0.15, -0.1) is 11.3 Å². The molecular formula is C24H26BrN3OS. The predicted octanol–water partition coefficient (Wildman–Crippen LogP) is 6.92. The molecule has 0 spiro atoms. The first-order valence-corrected chi connectivity index (χ1v) is 12.3. The Labute approximate surface area is 190 Å². The van der Waals surface area contributed by atoms with Crippen LogP contribution in [0.4, 0.5) is 10.5 Å². The first-order valence-electron chi connectivity index (χ1n) is 10.7. The van der Waals surface area contributed by atoms with E-state index < -0.39 is 0 Å². The van der Waals surface area contributed by atoms with Gasteiger partial charge in [0.05, 0.1) is 12.6 Å². The summed E-state index contributed by atoms with van der Waals surface area (Å²) < 4.78 is 3.30. The van der Waals surface area contributed by atoms with E-state index in [1.165, 1.54) is 46.0 Å². The number of fused-ring (bicyclic) bond motifs is 5. The van der Waals surface area contributed by atoms with Crippen molar-refractivity contribution in [3.8, 4) is 5.00 Å². The second-order valence-corrected chi connectivity index (χ2v) is 10.6. The molecular weight excluding hydrogens is 458 g/mol. The van der Waals surface area contributed by atoms with Crippen molar-refractivity contribution in [1.82, 2.24) is 9.47 Å². The molecule has 1 atom stereocenters. The first-order chi connectivity index (χ1) is 14.5. The number of aryl methyl sites for hydroxylation is 1. The molecule has 3 aromatic rings. The molecule has 4 nitrogen and oxygen atoms in total. The summed E-state index contributed by atoms with van der Waals surface area (Å²) in [6, 6.07) is 12.1. The number of hydrogen-bond donors (Lipinski definition) is 1. The maximum absolute atomic E-state index is 13.6. The minimum atomic E-state index is -0.0387. The average molecular weight is 484 g/mol. The number of aromatic nitrogens is 1. The second kappa shape index (κ2) is 7.89. The van der Waals surface area contributed by atoms with E-state index in [1.807, 2.05) is 40.5 Å². The number of hydrogen-bond acceptors (Lipinski definition) is 2. The number of amides is 2. The van der Waals surface area contributed by atoms with Crippen molar-refractivity contribution in [1.29, 1.82) is 0 Å². The third-order valence-electron chi connectivity index (χ3n) is 6.19. The highest BCUT2D eigenvalue weighted by Gasteiger charge is 2.36. The van der Waals surface area contributed by atoms with E-state index >= 15 is 0 Å². The molecule has 2 aliphatic rings. The maximum atomic E-state index is 13.6. The topological polar surface area (TPSA) is 37.3 Å². The minimum Gasteiger partial charge on any atom is -0.311 e. The number of carbonyl (C=O) groups is 1. The van der Waals surface area contributed by atoms with Crippen LogP contribution in [0, 0.1) is 5.92 Å². The first kappa shape index (κ1) is 19.9. The number of rotatable bonds is 2. The number of halogens is 1. The summed E-state index contributed by atoms with van der Waals surface area (Å²) in [5, 5.41) is 4.45. The number of thiophene rings is 1. The highest BCUT2D eigenvalue weighted by Crippen LogP contribution is 2.44. The van der Waals surface area contributed by atoms with Gasteiger partial charge >= 0.3 is 6.03 Å².